The topological polar surface area (TPSA) is 29.1 Å². The number of rotatable bonds is 7. The Kier molecular flexibility index (Phi) is 8.73. The van der Waals surface area contributed by atoms with Gasteiger partial charge in [0.25, 0.3) is 0 Å². The van der Waals surface area contributed by atoms with Gasteiger partial charge in [-0.2, -0.15) is 0 Å². The molecule has 0 atom stereocenters. The Morgan fingerprint density at radius 1 is 1.23 bits per heavy atom. The van der Waals surface area contributed by atoms with E-state index in [0.717, 1.165) is 12.8 Å². The lowest BCUT2D eigenvalue weighted by Gasteiger charge is -1.94. The lowest BCUT2D eigenvalue weighted by atomic mass is 10.2. The molecule has 13 heavy (non-hydrogen) atoms. The Bertz CT molecular complexity index is 152. The number of hydrogen-bond acceptors (Lipinski definition) is 1. The molecule has 76 valence electrons. The summed E-state index contributed by atoms with van der Waals surface area (Å²) in [5.41, 5.74) is 0. The number of nitrogens with one attached hydrogen (secondary N) is 1. The van der Waals surface area contributed by atoms with Crippen molar-refractivity contribution < 1.29 is 4.79 Å². The molecular weight excluding hydrogens is 162 g/mol. The third kappa shape index (κ3) is 9.12. The van der Waals surface area contributed by atoms with Gasteiger partial charge in [0.05, 0.1) is 0 Å². The van der Waals surface area contributed by atoms with Gasteiger partial charge < -0.3 is 5.32 Å². The first-order chi connectivity index (χ1) is 6.31. The van der Waals surface area contributed by atoms with Gasteiger partial charge in [-0.05, 0) is 19.3 Å². The molecule has 0 aromatic rings. The average Bonchev–Trinajstić information content (AvgIpc) is 2.16. The maximum absolute atomic E-state index is 10.8. The summed E-state index contributed by atoms with van der Waals surface area (Å²) in [6.45, 7) is 2.20. The van der Waals surface area contributed by atoms with E-state index in [1.165, 1.54) is 19.3 Å². The summed E-state index contributed by atoms with van der Waals surface area (Å²) in [7, 11) is 1.67. The summed E-state index contributed by atoms with van der Waals surface area (Å²) >= 11 is 0. The van der Waals surface area contributed by atoms with Crippen LogP contribution in [0, 0.1) is 0 Å². The lowest BCUT2D eigenvalue weighted by Crippen LogP contribution is -2.16. The molecule has 0 radical (unpaired) electrons. The Balaban J connectivity index is 3.17. The smallest absolute Gasteiger partial charge is 0.220 e. The summed E-state index contributed by atoms with van der Waals surface area (Å²) in [6, 6.07) is 0. The van der Waals surface area contributed by atoms with Crippen LogP contribution in [0.1, 0.15) is 45.4 Å². The molecule has 0 spiro atoms. The van der Waals surface area contributed by atoms with Gasteiger partial charge >= 0.3 is 0 Å². The molecule has 1 N–H and O–H groups in total. The SMILES string of the molecule is CCCCCC=CCCC(=O)NC. The molecule has 2 heteroatoms. The molecule has 0 rings (SSSR count). The Hall–Kier alpha value is -0.790. The molecule has 0 saturated carbocycles. The summed E-state index contributed by atoms with van der Waals surface area (Å²) in [6.07, 6.45) is 10.8. The monoisotopic (exact) mass is 183 g/mol. The minimum absolute atomic E-state index is 0.123. The van der Waals surface area contributed by atoms with Gasteiger partial charge in [-0.15, -0.1) is 0 Å². The zero-order chi connectivity index (χ0) is 9.94. The minimum atomic E-state index is 0.123. The van der Waals surface area contributed by atoms with Crippen molar-refractivity contribution in [2.75, 3.05) is 7.05 Å². The molecule has 0 aliphatic rings. The predicted octanol–water partition coefficient (Wildman–Crippen LogP) is 2.65. The lowest BCUT2D eigenvalue weighted by molar-refractivity contribution is -0.120. The van der Waals surface area contributed by atoms with Crippen LogP contribution < -0.4 is 5.32 Å². The molecule has 0 aliphatic heterocycles. The standard InChI is InChI=1S/C11H21NO/c1-3-4-5-6-7-8-9-10-11(13)12-2/h7-8H,3-6,9-10H2,1-2H3,(H,12,13). The molecule has 0 aromatic carbocycles. The Morgan fingerprint density at radius 3 is 2.54 bits per heavy atom. The number of hydrogen-bond donors (Lipinski definition) is 1. The molecule has 0 unspecified atom stereocenters. The van der Waals surface area contributed by atoms with Gasteiger partial charge in [0, 0.05) is 13.5 Å². The van der Waals surface area contributed by atoms with Crippen molar-refractivity contribution in [3.8, 4) is 0 Å². The van der Waals surface area contributed by atoms with E-state index < -0.39 is 0 Å². The molecule has 0 aromatic heterocycles. The first-order valence-corrected chi connectivity index (χ1v) is 5.16. The zero-order valence-corrected chi connectivity index (χ0v) is 8.81. The molecule has 1 amide bonds. The van der Waals surface area contributed by atoms with Crippen molar-refractivity contribution >= 4 is 5.91 Å². The number of carbonyl (C=O) groups is 1. The number of unbranched alkanes of at least 4 members (excludes halogenated alkanes) is 3. The second-order valence-corrected chi connectivity index (χ2v) is 3.18. The van der Waals surface area contributed by atoms with Crippen molar-refractivity contribution in [3.63, 3.8) is 0 Å². The Morgan fingerprint density at radius 2 is 1.92 bits per heavy atom. The van der Waals surface area contributed by atoms with Crippen LogP contribution >= 0.6 is 0 Å². The summed E-state index contributed by atoms with van der Waals surface area (Å²) in [5.74, 6) is 0.123. The van der Waals surface area contributed by atoms with Crippen LogP contribution in [0.4, 0.5) is 0 Å². The number of amides is 1. The first kappa shape index (κ1) is 12.2. The van der Waals surface area contributed by atoms with Gasteiger partial charge in [-0.3, -0.25) is 4.79 Å². The van der Waals surface area contributed by atoms with E-state index in [1.54, 1.807) is 7.05 Å². The van der Waals surface area contributed by atoms with Crippen molar-refractivity contribution in [1.82, 2.24) is 5.32 Å². The van der Waals surface area contributed by atoms with Crippen LogP contribution in [0.15, 0.2) is 12.2 Å². The second-order valence-electron chi connectivity index (χ2n) is 3.18. The minimum Gasteiger partial charge on any atom is -0.359 e. The molecule has 2 nitrogen and oxygen atoms in total. The van der Waals surface area contributed by atoms with Crippen LogP contribution in [0.5, 0.6) is 0 Å². The van der Waals surface area contributed by atoms with Gasteiger partial charge in [-0.25, -0.2) is 0 Å². The van der Waals surface area contributed by atoms with E-state index in [-0.39, 0.29) is 5.91 Å². The van der Waals surface area contributed by atoms with Gasteiger partial charge in [0.2, 0.25) is 5.91 Å². The normalized spacial score (nSPS) is 10.6. The van der Waals surface area contributed by atoms with Gasteiger partial charge in [0.1, 0.15) is 0 Å². The van der Waals surface area contributed by atoms with E-state index in [9.17, 15) is 4.79 Å². The van der Waals surface area contributed by atoms with E-state index in [2.05, 4.69) is 24.4 Å². The summed E-state index contributed by atoms with van der Waals surface area (Å²) in [5, 5.41) is 2.60. The van der Waals surface area contributed by atoms with Crippen LogP contribution in [-0.4, -0.2) is 13.0 Å². The fourth-order valence-corrected chi connectivity index (χ4v) is 1.09. The zero-order valence-electron chi connectivity index (χ0n) is 8.81. The highest BCUT2D eigenvalue weighted by molar-refractivity contribution is 5.75. The maximum Gasteiger partial charge on any atom is 0.220 e. The van der Waals surface area contributed by atoms with Crippen LogP contribution in [0.25, 0.3) is 0 Å². The van der Waals surface area contributed by atoms with E-state index >= 15 is 0 Å². The third-order valence-corrected chi connectivity index (χ3v) is 1.96. The van der Waals surface area contributed by atoms with Crippen LogP contribution in [0.3, 0.4) is 0 Å². The molecule has 0 heterocycles. The molecule has 0 saturated heterocycles. The molecule has 0 fully saturated rings. The van der Waals surface area contributed by atoms with E-state index in [4.69, 9.17) is 0 Å². The highest BCUT2D eigenvalue weighted by Crippen LogP contribution is 2.00. The quantitative estimate of drug-likeness (QED) is 0.477. The number of carbonyl (C=O) groups excluding carboxylic acids is 1. The fraction of sp³-hybridized carbons (Fsp3) is 0.727. The van der Waals surface area contributed by atoms with Crippen molar-refractivity contribution in [1.29, 1.82) is 0 Å². The number of allylic oxidation sites excluding steroid dienone is 2. The van der Waals surface area contributed by atoms with Crippen LogP contribution in [0.2, 0.25) is 0 Å². The van der Waals surface area contributed by atoms with Crippen molar-refractivity contribution in [2.45, 2.75) is 45.4 Å². The highest BCUT2D eigenvalue weighted by atomic mass is 16.1. The average molecular weight is 183 g/mol. The highest BCUT2D eigenvalue weighted by Gasteiger charge is 1.92. The second kappa shape index (κ2) is 9.30. The van der Waals surface area contributed by atoms with E-state index in [0.29, 0.717) is 6.42 Å². The van der Waals surface area contributed by atoms with Crippen LogP contribution in [-0.2, 0) is 4.79 Å². The summed E-state index contributed by atoms with van der Waals surface area (Å²) in [4.78, 5) is 10.8. The van der Waals surface area contributed by atoms with E-state index in [1.807, 2.05) is 0 Å². The predicted molar refractivity (Wildman–Crippen MR) is 56.6 cm³/mol. The first-order valence-electron chi connectivity index (χ1n) is 5.16. The Labute approximate surface area is 81.4 Å². The van der Waals surface area contributed by atoms with Crippen molar-refractivity contribution in [2.24, 2.45) is 0 Å². The third-order valence-electron chi connectivity index (χ3n) is 1.96. The van der Waals surface area contributed by atoms with Gasteiger partial charge in [-0.1, -0.05) is 31.9 Å². The molecule has 0 bridgehead atoms. The largest absolute Gasteiger partial charge is 0.359 e. The van der Waals surface area contributed by atoms with Crippen molar-refractivity contribution in [3.05, 3.63) is 12.2 Å². The summed E-state index contributed by atoms with van der Waals surface area (Å²) < 4.78 is 0. The molecule has 0 aliphatic carbocycles. The maximum atomic E-state index is 10.8. The molecular formula is C11H21NO. The van der Waals surface area contributed by atoms with Gasteiger partial charge in [0.15, 0.2) is 0 Å². The fourth-order valence-electron chi connectivity index (χ4n) is 1.09.